The predicted octanol–water partition coefficient (Wildman–Crippen LogP) is 2.93. The average molecular weight is 477 g/mol. The number of carbonyl (C=O) groups is 2. The number of carbonyl (C=O) groups excluding carboxylic acids is 2. The van der Waals surface area contributed by atoms with E-state index in [9.17, 15) is 9.59 Å². The second-order valence-electron chi connectivity index (χ2n) is 8.76. The molecular formula is C26H28N4O3S. The summed E-state index contributed by atoms with van der Waals surface area (Å²) >= 11 is 1.63. The lowest BCUT2D eigenvalue weighted by Crippen LogP contribution is -2.71. The number of amides is 2. The zero-order valence-corrected chi connectivity index (χ0v) is 19.9. The molecule has 7 nitrogen and oxygen atoms in total. The van der Waals surface area contributed by atoms with Gasteiger partial charge < -0.3 is 15.0 Å². The molecule has 1 N–H and O–H groups in total. The average Bonchev–Trinajstić information content (AvgIpc) is 3.34. The van der Waals surface area contributed by atoms with Crippen molar-refractivity contribution in [2.24, 2.45) is 0 Å². The number of rotatable bonds is 7. The number of piperazine rings is 2. The summed E-state index contributed by atoms with van der Waals surface area (Å²) < 4.78 is 5.93. The zero-order valence-electron chi connectivity index (χ0n) is 19.1. The largest absolute Gasteiger partial charge is 0.371 e. The Bertz CT molecular complexity index is 1140. The van der Waals surface area contributed by atoms with E-state index in [4.69, 9.17) is 9.72 Å². The molecule has 2 aliphatic heterocycles. The number of ether oxygens (including phenoxy) is 1. The molecule has 0 radical (unpaired) electrons. The maximum atomic E-state index is 13.2. The Morgan fingerprint density at radius 3 is 2.59 bits per heavy atom. The summed E-state index contributed by atoms with van der Waals surface area (Å²) in [6.07, 6.45) is -0.414. The summed E-state index contributed by atoms with van der Waals surface area (Å²) in [5.41, 5.74) is 3.10. The first-order chi connectivity index (χ1) is 16.6. The lowest BCUT2D eigenvalue weighted by Gasteiger charge is -2.46. The Labute approximate surface area is 203 Å². The van der Waals surface area contributed by atoms with Crippen LogP contribution >= 0.6 is 11.3 Å². The van der Waals surface area contributed by atoms with Crippen molar-refractivity contribution in [3.8, 4) is 11.3 Å². The van der Waals surface area contributed by atoms with Crippen molar-refractivity contribution in [2.45, 2.75) is 38.3 Å². The van der Waals surface area contributed by atoms with E-state index in [-0.39, 0.29) is 11.8 Å². The molecule has 0 unspecified atom stereocenters. The standard InChI is InChI=1S/C26H28N4O3S/c1-18(33-16-19-8-4-2-5-9-19)24-26(32)30-13-12-29(14-22(30)25(31)28-24)15-23-27-21(17-34-23)20-10-6-3-7-11-20/h2-11,17-18,22,24H,12-16H2,1H3,(H,28,31)/t18-,22-,24+/m1/s1. The number of hydrogen-bond acceptors (Lipinski definition) is 6. The molecule has 8 heteroatoms. The van der Waals surface area contributed by atoms with Crippen molar-refractivity contribution in [3.05, 3.63) is 76.6 Å². The van der Waals surface area contributed by atoms with E-state index in [1.807, 2.05) is 55.5 Å². The summed E-state index contributed by atoms with van der Waals surface area (Å²) in [4.78, 5) is 34.8. The van der Waals surface area contributed by atoms with Gasteiger partial charge >= 0.3 is 0 Å². The Balaban J connectivity index is 1.18. The highest BCUT2D eigenvalue weighted by atomic mass is 32.1. The highest BCUT2D eigenvalue weighted by molar-refractivity contribution is 7.09. The van der Waals surface area contributed by atoms with Gasteiger partial charge in [-0.15, -0.1) is 11.3 Å². The summed E-state index contributed by atoms with van der Waals surface area (Å²) in [6, 6.07) is 18.8. The summed E-state index contributed by atoms with van der Waals surface area (Å²) in [7, 11) is 0. The van der Waals surface area contributed by atoms with Crippen LogP contribution in [0.1, 0.15) is 17.5 Å². The van der Waals surface area contributed by atoms with Crippen LogP contribution in [0.2, 0.25) is 0 Å². The van der Waals surface area contributed by atoms with Crippen molar-refractivity contribution in [1.82, 2.24) is 20.1 Å². The quantitative estimate of drug-likeness (QED) is 0.568. The molecule has 176 valence electrons. The van der Waals surface area contributed by atoms with Crippen molar-refractivity contribution in [3.63, 3.8) is 0 Å². The minimum Gasteiger partial charge on any atom is -0.371 e. The van der Waals surface area contributed by atoms with Crippen LogP contribution < -0.4 is 5.32 Å². The first-order valence-corrected chi connectivity index (χ1v) is 12.4. The third kappa shape index (κ3) is 4.89. The van der Waals surface area contributed by atoms with Crippen molar-refractivity contribution in [1.29, 1.82) is 0 Å². The van der Waals surface area contributed by atoms with E-state index in [2.05, 4.69) is 27.7 Å². The minimum atomic E-state index is -0.661. The van der Waals surface area contributed by atoms with Crippen molar-refractivity contribution in [2.75, 3.05) is 19.6 Å². The molecular weight excluding hydrogens is 448 g/mol. The minimum absolute atomic E-state index is 0.0644. The van der Waals surface area contributed by atoms with Gasteiger partial charge in [0.2, 0.25) is 11.8 Å². The fourth-order valence-electron chi connectivity index (χ4n) is 4.49. The highest BCUT2D eigenvalue weighted by Gasteiger charge is 2.45. The van der Waals surface area contributed by atoms with Crippen LogP contribution in [0.4, 0.5) is 0 Å². The van der Waals surface area contributed by atoms with Crippen molar-refractivity contribution >= 4 is 23.2 Å². The van der Waals surface area contributed by atoms with Gasteiger partial charge in [0.1, 0.15) is 17.1 Å². The fraction of sp³-hybridized carbons (Fsp3) is 0.346. The molecule has 0 saturated carbocycles. The van der Waals surface area contributed by atoms with Crippen LogP contribution in [0.3, 0.4) is 0 Å². The van der Waals surface area contributed by atoms with Crippen LogP contribution in [0, 0.1) is 0 Å². The summed E-state index contributed by atoms with van der Waals surface area (Å²) in [6.45, 7) is 4.65. The van der Waals surface area contributed by atoms with Gasteiger partial charge in [-0.05, 0) is 12.5 Å². The number of aromatic nitrogens is 1. The van der Waals surface area contributed by atoms with Gasteiger partial charge in [-0.3, -0.25) is 14.5 Å². The molecule has 0 bridgehead atoms. The van der Waals surface area contributed by atoms with E-state index in [0.29, 0.717) is 32.8 Å². The highest BCUT2D eigenvalue weighted by Crippen LogP contribution is 2.24. The summed E-state index contributed by atoms with van der Waals surface area (Å²) in [5.74, 6) is -0.181. The van der Waals surface area contributed by atoms with Gasteiger partial charge in [0.15, 0.2) is 0 Å². The van der Waals surface area contributed by atoms with Gasteiger partial charge in [-0.2, -0.15) is 0 Å². The normalized spacial score (nSPS) is 21.7. The number of benzene rings is 2. The zero-order chi connectivity index (χ0) is 23.5. The first kappa shape index (κ1) is 22.7. The SMILES string of the molecule is C[C@@H](OCc1ccccc1)[C@@H]1NC(=O)[C@H]2CN(Cc3nc(-c4ccccc4)cs3)CCN2C1=O. The maximum absolute atomic E-state index is 13.2. The maximum Gasteiger partial charge on any atom is 0.248 e. The molecule has 2 saturated heterocycles. The fourth-order valence-corrected chi connectivity index (χ4v) is 5.34. The Kier molecular flexibility index (Phi) is 6.71. The third-order valence-corrected chi connectivity index (χ3v) is 7.25. The predicted molar refractivity (Wildman–Crippen MR) is 131 cm³/mol. The van der Waals surface area contributed by atoms with Crippen LogP contribution in [0.25, 0.3) is 11.3 Å². The van der Waals surface area contributed by atoms with Gasteiger partial charge in [-0.1, -0.05) is 60.7 Å². The van der Waals surface area contributed by atoms with Crippen LogP contribution in [-0.2, 0) is 27.5 Å². The van der Waals surface area contributed by atoms with Crippen LogP contribution in [-0.4, -0.2) is 64.4 Å². The first-order valence-electron chi connectivity index (χ1n) is 11.6. The van der Waals surface area contributed by atoms with E-state index in [1.165, 1.54) is 0 Å². The Morgan fingerprint density at radius 2 is 1.82 bits per heavy atom. The van der Waals surface area contributed by atoms with Crippen LogP contribution in [0.5, 0.6) is 0 Å². The molecule has 1 aromatic heterocycles. The molecule has 5 rings (SSSR count). The van der Waals surface area contributed by atoms with E-state index in [0.717, 1.165) is 21.8 Å². The molecule has 2 aliphatic rings. The number of nitrogens with zero attached hydrogens (tertiary/aromatic N) is 3. The number of fused-ring (bicyclic) bond motifs is 1. The third-order valence-electron chi connectivity index (χ3n) is 6.42. The van der Waals surface area contributed by atoms with Gasteiger partial charge in [0, 0.05) is 30.6 Å². The topological polar surface area (TPSA) is 74.8 Å². The lowest BCUT2D eigenvalue weighted by atomic mass is 10.0. The number of thiazole rings is 1. The van der Waals surface area contributed by atoms with Gasteiger partial charge in [0.05, 0.1) is 24.9 Å². The smallest absolute Gasteiger partial charge is 0.248 e. The van der Waals surface area contributed by atoms with Gasteiger partial charge in [-0.25, -0.2) is 4.98 Å². The summed E-state index contributed by atoms with van der Waals surface area (Å²) in [5, 5.41) is 6.00. The molecule has 3 atom stereocenters. The Morgan fingerprint density at radius 1 is 1.09 bits per heavy atom. The second kappa shape index (κ2) is 10.0. The van der Waals surface area contributed by atoms with Crippen LogP contribution in [0.15, 0.2) is 66.0 Å². The molecule has 0 aliphatic carbocycles. The van der Waals surface area contributed by atoms with Gasteiger partial charge in [0.25, 0.3) is 0 Å². The van der Waals surface area contributed by atoms with E-state index < -0.39 is 18.2 Å². The molecule has 3 heterocycles. The molecule has 2 fully saturated rings. The molecule has 0 spiro atoms. The van der Waals surface area contributed by atoms with E-state index >= 15 is 0 Å². The molecule has 3 aromatic rings. The molecule has 2 aromatic carbocycles. The molecule has 2 amide bonds. The monoisotopic (exact) mass is 476 g/mol. The lowest BCUT2D eigenvalue weighted by molar-refractivity contribution is -0.157. The van der Waals surface area contributed by atoms with E-state index in [1.54, 1.807) is 16.2 Å². The Hall–Kier alpha value is -3.07. The number of nitrogens with one attached hydrogen (secondary N) is 1. The second-order valence-corrected chi connectivity index (χ2v) is 9.71. The molecule has 34 heavy (non-hydrogen) atoms. The van der Waals surface area contributed by atoms with Crippen molar-refractivity contribution < 1.29 is 14.3 Å². The number of hydrogen-bond donors (Lipinski definition) is 1.